The molecule has 3 heteroatoms. The van der Waals surface area contributed by atoms with Crippen LogP contribution < -0.4 is 5.73 Å². The van der Waals surface area contributed by atoms with Gasteiger partial charge in [0.25, 0.3) is 0 Å². The summed E-state index contributed by atoms with van der Waals surface area (Å²) in [6.45, 7) is 4.07. The fourth-order valence-corrected chi connectivity index (χ4v) is 2.29. The lowest BCUT2D eigenvalue weighted by Crippen LogP contribution is -2.32. The highest BCUT2D eigenvalue weighted by atomic mass is 16.5. The lowest BCUT2D eigenvalue weighted by atomic mass is 9.98. The van der Waals surface area contributed by atoms with E-state index in [0.29, 0.717) is 0 Å². The van der Waals surface area contributed by atoms with Gasteiger partial charge in [0.15, 0.2) is 0 Å². The van der Waals surface area contributed by atoms with Crippen LogP contribution in [0.15, 0.2) is 18.2 Å². The normalized spacial score (nSPS) is 16.1. The molecule has 0 amide bonds. The smallest absolute Gasteiger partial charge is 0.0474 e. The van der Waals surface area contributed by atoms with Gasteiger partial charge in [0, 0.05) is 39.0 Å². The van der Waals surface area contributed by atoms with E-state index in [0.717, 1.165) is 44.8 Å². The van der Waals surface area contributed by atoms with E-state index >= 15 is 0 Å². The van der Waals surface area contributed by atoms with Crippen LogP contribution in [0.2, 0.25) is 0 Å². The Kier molecular flexibility index (Phi) is 3.80. The molecule has 1 aromatic carbocycles. The molecule has 1 heterocycles. The Balaban J connectivity index is 1.97. The van der Waals surface area contributed by atoms with E-state index in [1.165, 1.54) is 11.1 Å². The van der Waals surface area contributed by atoms with Crippen LogP contribution in [0.25, 0.3) is 0 Å². The summed E-state index contributed by atoms with van der Waals surface area (Å²) in [6, 6.07) is 6.24. The number of nitrogens with zero attached hydrogens (tertiary/aromatic N) is 1. The van der Waals surface area contributed by atoms with Crippen molar-refractivity contribution in [1.82, 2.24) is 4.90 Å². The van der Waals surface area contributed by atoms with Gasteiger partial charge in [-0.3, -0.25) is 4.90 Å². The van der Waals surface area contributed by atoms with Crippen LogP contribution in [0.4, 0.5) is 5.69 Å². The van der Waals surface area contributed by atoms with Gasteiger partial charge in [-0.1, -0.05) is 12.1 Å². The number of methoxy groups -OCH3 is 1. The maximum Gasteiger partial charge on any atom is 0.0474 e. The topological polar surface area (TPSA) is 38.5 Å². The number of hydrogen-bond donors (Lipinski definition) is 1. The number of ether oxygens (including phenoxy) is 1. The average Bonchev–Trinajstić information content (AvgIpc) is 2.30. The van der Waals surface area contributed by atoms with Crippen LogP contribution in [0, 0.1) is 0 Å². The molecule has 0 atom stereocenters. The zero-order chi connectivity index (χ0) is 11.4. The summed E-state index contributed by atoms with van der Waals surface area (Å²) >= 11 is 0. The molecule has 3 nitrogen and oxygen atoms in total. The van der Waals surface area contributed by atoms with E-state index in [-0.39, 0.29) is 0 Å². The van der Waals surface area contributed by atoms with Crippen LogP contribution in [-0.4, -0.2) is 31.7 Å². The van der Waals surface area contributed by atoms with E-state index in [4.69, 9.17) is 10.5 Å². The van der Waals surface area contributed by atoms with Gasteiger partial charge in [0.1, 0.15) is 0 Å². The summed E-state index contributed by atoms with van der Waals surface area (Å²) in [4.78, 5) is 2.46. The highest BCUT2D eigenvalue weighted by Crippen LogP contribution is 2.24. The third-order valence-corrected chi connectivity index (χ3v) is 3.21. The van der Waals surface area contributed by atoms with Crippen LogP contribution in [0.5, 0.6) is 0 Å². The standard InChI is InChI=1S/C13H20N2O/c1-16-9-3-7-15-8-6-11-4-2-5-13(14)12(11)10-15/h2,4-5H,3,6-10,14H2,1H3. The van der Waals surface area contributed by atoms with Crippen molar-refractivity contribution in [2.45, 2.75) is 19.4 Å². The second-order valence-electron chi connectivity index (χ2n) is 4.36. The monoisotopic (exact) mass is 220 g/mol. The molecule has 16 heavy (non-hydrogen) atoms. The fraction of sp³-hybridized carbons (Fsp3) is 0.538. The number of nitrogens with two attached hydrogens (primary N) is 1. The summed E-state index contributed by atoms with van der Waals surface area (Å²) in [6.07, 6.45) is 2.21. The highest BCUT2D eigenvalue weighted by Gasteiger charge is 2.17. The van der Waals surface area contributed by atoms with Crippen molar-refractivity contribution in [2.24, 2.45) is 0 Å². The Bertz CT molecular complexity index is 352. The zero-order valence-electron chi connectivity index (χ0n) is 9.91. The van der Waals surface area contributed by atoms with Crippen molar-refractivity contribution in [1.29, 1.82) is 0 Å². The molecule has 88 valence electrons. The predicted molar refractivity (Wildman–Crippen MR) is 66.3 cm³/mol. The van der Waals surface area contributed by atoms with E-state index < -0.39 is 0 Å². The first-order chi connectivity index (χ1) is 7.81. The minimum Gasteiger partial charge on any atom is -0.398 e. The quantitative estimate of drug-likeness (QED) is 0.619. The SMILES string of the molecule is COCCCN1CCc2cccc(N)c2C1. The third-order valence-electron chi connectivity index (χ3n) is 3.21. The van der Waals surface area contributed by atoms with Crippen LogP contribution >= 0.6 is 0 Å². The first kappa shape index (κ1) is 11.4. The molecule has 1 aromatic rings. The molecule has 0 fully saturated rings. The lowest BCUT2D eigenvalue weighted by Gasteiger charge is -2.29. The number of nitrogen functional groups attached to an aromatic ring is 1. The maximum absolute atomic E-state index is 6.01. The molecule has 2 N–H and O–H groups in total. The molecule has 0 aliphatic carbocycles. The van der Waals surface area contributed by atoms with Gasteiger partial charge in [-0.15, -0.1) is 0 Å². The van der Waals surface area contributed by atoms with Crippen LogP contribution in [-0.2, 0) is 17.7 Å². The van der Waals surface area contributed by atoms with Crippen molar-refractivity contribution >= 4 is 5.69 Å². The summed E-state index contributed by atoms with van der Waals surface area (Å²) in [7, 11) is 1.75. The highest BCUT2D eigenvalue weighted by molar-refractivity contribution is 5.51. The molecule has 1 aliphatic rings. The van der Waals surface area contributed by atoms with Gasteiger partial charge in [0.2, 0.25) is 0 Å². The summed E-state index contributed by atoms with van der Waals surface area (Å²) < 4.78 is 5.07. The molecule has 0 bridgehead atoms. The van der Waals surface area contributed by atoms with Gasteiger partial charge in [-0.25, -0.2) is 0 Å². The van der Waals surface area contributed by atoms with E-state index in [2.05, 4.69) is 17.0 Å². The molecule has 1 aliphatic heterocycles. The van der Waals surface area contributed by atoms with Crippen LogP contribution in [0.1, 0.15) is 17.5 Å². The Morgan fingerprint density at radius 2 is 2.31 bits per heavy atom. The molecule has 0 aromatic heterocycles. The zero-order valence-corrected chi connectivity index (χ0v) is 9.91. The second kappa shape index (κ2) is 5.32. The number of rotatable bonds is 4. The molecule has 0 saturated carbocycles. The van der Waals surface area contributed by atoms with E-state index in [1.54, 1.807) is 7.11 Å². The number of benzene rings is 1. The van der Waals surface area contributed by atoms with Gasteiger partial charge < -0.3 is 10.5 Å². The number of anilines is 1. The summed E-state index contributed by atoms with van der Waals surface area (Å²) in [5, 5.41) is 0. The summed E-state index contributed by atoms with van der Waals surface area (Å²) in [5.41, 5.74) is 9.69. The molecular formula is C13H20N2O. The maximum atomic E-state index is 6.01. The fourth-order valence-electron chi connectivity index (χ4n) is 2.29. The average molecular weight is 220 g/mol. The molecule has 0 saturated heterocycles. The van der Waals surface area contributed by atoms with Crippen molar-refractivity contribution < 1.29 is 4.74 Å². The van der Waals surface area contributed by atoms with Crippen molar-refractivity contribution in [2.75, 3.05) is 32.5 Å². The molecule has 2 rings (SSSR count). The molecular weight excluding hydrogens is 200 g/mol. The molecule has 0 unspecified atom stereocenters. The first-order valence-corrected chi connectivity index (χ1v) is 5.89. The molecule has 0 radical (unpaired) electrons. The Morgan fingerprint density at radius 3 is 3.12 bits per heavy atom. The minimum absolute atomic E-state index is 0.841. The van der Waals surface area contributed by atoms with Crippen molar-refractivity contribution in [3.05, 3.63) is 29.3 Å². The van der Waals surface area contributed by atoms with Crippen molar-refractivity contribution in [3.8, 4) is 0 Å². The van der Waals surface area contributed by atoms with Gasteiger partial charge >= 0.3 is 0 Å². The predicted octanol–water partition coefficient (Wildman–Crippen LogP) is 1.66. The summed E-state index contributed by atoms with van der Waals surface area (Å²) in [5.74, 6) is 0. The lowest BCUT2D eigenvalue weighted by molar-refractivity contribution is 0.167. The van der Waals surface area contributed by atoms with Gasteiger partial charge in [-0.05, 0) is 30.0 Å². The Morgan fingerprint density at radius 1 is 1.44 bits per heavy atom. The largest absolute Gasteiger partial charge is 0.398 e. The second-order valence-corrected chi connectivity index (χ2v) is 4.36. The Hall–Kier alpha value is -1.06. The third kappa shape index (κ3) is 2.54. The number of hydrogen-bond acceptors (Lipinski definition) is 3. The first-order valence-electron chi connectivity index (χ1n) is 5.89. The van der Waals surface area contributed by atoms with Crippen molar-refractivity contribution in [3.63, 3.8) is 0 Å². The Labute approximate surface area is 97.2 Å². The minimum atomic E-state index is 0.841. The van der Waals surface area contributed by atoms with Crippen LogP contribution in [0.3, 0.4) is 0 Å². The van der Waals surface area contributed by atoms with Gasteiger partial charge in [0.05, 0.1) is 0 Å². The van der Waals surface area contributed by atoms with E-state index in [1.807, 2.05) is 6.07 Å². The molecule has 0 spiro atoms. The number of fused-ring (bicyclic) bond motifs is 1. The van der Waals surface area contributed by atoms with Gasteiger partial charge in [-0.2, -0.15) is 0 Å². The van der Waals surface area contributed by atoms with E-state index in [9.17, 15) is 0 Å².